The fourth-order valence-corrected chi connectivity index (χ4v) is 4.29. The molecule has 1 aromatic heterocycles. The number of hydrogen-bond acceptors (Lipinski definition) is 3. The van der Waals surface area contributed by atoms with Crippen molar-refractivity contribution in [1.29, 1.82) is 0 Å². The lowest BCUT2D eigenvalue weighted by molar-refractivity contribution is 0.407. The average Bonchev–Trinajstić information content (AvgIpc) is 2.52. The zero-order valence-corrected chi connectivity index (χ0v) is 14.4. The van der Waals surface area contributed by atoms with Gasteiger partial charge in [-0.25, -0.2) is 0 Å². The van der Waals surface area contributed by atoms with Crippen LogP contribution >= 0.6 is 0 Å². The fourth-order valence-electron chi connectivity index (χ4n) is 2.69. The van der Waals surface area contributed by atoms with E-state index in [1.165, 1.54) is 0 Å². The van der Waals surface area contributed by atoms with E-state index >= 15 is 0 Å². The molecule has 0 aliphatic heterocycles. The van der Waals surface area contributed by atoms with Crippen LogP contribution in [0.2, 0.25) is 0 Å². The van der Waals surface area contributed by atoms with Gasteiger partial charge in [-0.3, -0.25) is 9.19 Å². The zero-order chi connectivity index (χ0) is 16.1. The topological polar surface area (TPSA) is 39.2 Å². The molecule has 0 aliphatic rings. The maximum absolute atomic E-state index is 12.8. The normalized spacial score (nSPS) is 13.6. The van der Waals surface area contributed by atoms with Crippen molar-refractivity contribution in [3.05, 3.63) is 58.9 Å². The number of pyridine rings is 1. The Bertz CT molecular complexity index is 656. The molecule has 0 fully saturated rings. The second-order valence-corrected chi connectivity index (χ2v) is 7.00. The van der Waals surface area contributed by atoms with Crippen molar-refractivity contribution >= 4 is 10.8 Å². The van der Waals surface area contributed by atoms with Crippen molar-refractivity contribution in [3.8, 4) is 5.75 Å². The minimum absolute atomic E-state index is 0.0368. The molecular formula is C18H23NO2S. The number of aryl methyl sites for hydroxylation is 1. The van der Waals surface area contributed by atoms with Crippen LogP contribution in [0.3, 0.4) is 0 Å². The summed E-state index contributed by atoms with van der Waals surface area (Å²) in [6.45, 7) is 6.03. The molecule has 4 heteroatoms. The maximum Gasteiger partial charge on any atom is 0.128 e. The van der Waals surface area contributed by atoms with E-state index in [1.807, 2.05) is 44.2 Å². The highest BCUT2D eigenvalue weighted by Gasteiger charge is 2.19. The van der Waals surface area contributed by atoms with E-state index < -0.39 is 10.8 Å². The lowest BCUT2D eigenvalue weighted by Crippen LogP contribution is -2.10. The van der Waals surface area contributed by atoms with E-state index in [-0.39, 0.29) is 5.25 Å². The van der Waals surface area contributed by atoms with E-state index in [0.29, 0.717) is 5.75 Å². The summed E-state index contributed by atoms with van der Waals surface area (Å²) in [5.41, 5.74) is 3.97. The summed E-state index contributed by atoms with van der Waals surface area (Å²) < 4.78 is 18.2. The van der Waals surface area contributed by atoms with Crippen LogP contribution in [-0.4, -0.2) is 16.3 Å². The lowest BCUT2D eigenvalue weighted by Gasteiger charge is -2.17. The average molecular weight is 317 g/mol. The van der Waals surface area contributed by atoms with Gasteiger partial charge in [-0.15, -0.1) is 0 Å². The van der Waals surface area contributed by atoms with Gasteiger partial charge in [-0.05, 0) is 25.8 Å². The van der Waals surface area contributed by atoms with Crippen LogP contribution in [0.1, 0.15) is 41.0 Å². The third-order valence-electron chi connectivity index (χ3n) is 3.89. The largest absolute Gasteiger partial charge is 0.496 e. The highest BCUT2D eigenvalue weighted by atomic mass is 32.2. The monoisotopic (exact) mass is 317 g/mol. The van der Waals surface area contributed by atoms with E-state index in [4.69, 9.17) is 4.74 Å². The van der Waals surface area contributed by atoms with E-state index in [1.54, 1.807) is 13.3 Å². The predicted molar refractivity (Wildman–Crippen MR) is 91.6 cm³/mol. The molecule has 0 saturated heterocycles. The smallest absolute Gasteiger partial charge is 0.128 e. The summed E-state index contributed by atoms with van der Waals surface area (Å²) in [6.07, 6.45) is 2.64. The van der Waals surface area contributed by atoms with Crippen LogP contribution in [0.15, 0.2) is 36.5 Å². The highest BCUT2D eigenvalue weighted by Crippen LogP contribution is 2.29. The SMILES string of the molecule is CC[C@@H](c1ccccc1)[S@](=O)Cc1ncc(C)c(OC)c1C. The van der Waals surface area contributed by atoms with Gasteiger partial charge in [0, 0.05) is 28.1 Å². The van der Waals surface area contributed by atoms with Crippen molar-refractivity contribution < 1.29 is 8.95 Å². The van der Waals surface area contributed by atoms with Gasteiger partial charge in [0.15, 0.2) is 0 Å². The summed E-state index contributed by atoms with van der Waals surface area (Å²) >= 11 is 0. The highest BCUT2D eigenvalue weighted by molar-refractivity contribution is 7.84. The molecule has 0 aliphatic carbocycles. The minimum Gasteiger partial charge on any atom is -0.496 e. The first kappa shape index (κ1) is 16.7. The standard InChI is InChI=1S/C18H23NO2S/c1-5-17(15-9-7-6-8-10-15)22(20)12-16-14(3)18(21-4)13(2)11-19-16/h6-11,17H,5,12H2,1-4H3/t17-,22+/m0/s1. The number of hydrogen-bond donors (Lipinski definition) is 0. The third-order valence-corrected chi connectivity index (χ3v) is 5.69. The van der Waals surface area contributed by atoms with Gasteiger partial charge >= 0.3 is 0 Å². The van der Waals surface area contributed by atoms with Crippen molar-refractivity contribution in [3.63, 3.8) is 0 Å². The first-order valence-electron chi connectivity index (χ1n) is 7.49. The lowest BCUT2D eigenvalue weighted by atomic mass is 10.1. The van der Waals surface area contributed by atoms with Crippen LogP contribution in [0.4, 0.5) is 0 Å². The zero-order valence-electron chi connectivity index (χ0n) is 13.6. The number of methoxy groups -OCH3 is 1. The predicted octanol–water partition coefficient (Wildman–Crippen LogP) is 4.11. The summed E-state index contributed by atoms with van der Waals surface area (Å²) in [7, 11) is 0.657. The van der Waals surface area contributed by atoms with Gasteiger partial charge in [0.1, 0.15) is 5.75 Å². The van der Waals surface area contributed by atoms with Crippen molar-refractivity contribution in [2.45, 2.75) is 38.2 Å². The number of aromatic nitrogens is 1. The molecule has 0 N–H and O–H groups in total. The molecule has 1 heterocycles. The Morgan fingerprint density at radius 1 is 1.23 bits per heavy atom. The van der Waals surface area contributed by atoms with Crippen molar-refractivity contribution in [1.82, 2.24) is 4.98 Å². The third kappa shape index (κ3) is 3.55. The molecule has 118 valence electrons. The molecule has 0 bridgehead atoms. The van der Waals surface area contributed by atoms with Gasteiger partial charge in [0.2, 0.25) is 0 Å². The first-order chi connectivity index (χ1) is 10.6. The molecule has 0 amide bonds. The molecular weight excluding hydrogens is 294 g/mol. The minimum atomic E-state index is -1.00. The van der Waals surface area contributed by atoms with Gasteiger partial charge in [-0.2, -0.15) is 0 Å². The van der Waals surface area contributed by atoms with Crippen LogP contribution in [0, 0.1) is 13.8 Å². The Hall–Kier alpha value is -1.68. The Labute approximate surface area is 135 Å². The van der Waals surface area contributed by atoms with E-state index in [9.17, 15) is 4.21 Å². The fraction of sp³-hybridized carbons (Fsp3) is 0.389. The molecule has 0 saturated carbocycles. The van der Waals surface area contributed by atoms with Gasteiger partial charge in [-0.1, -0.05) is 37.3 Å². The van der Waals surface area contributed by atoms with Gasteiger partial charge < -0.3 is 4.74 Å². The number of rotatable bonds is 6. The van der Waals surface area contributed by atoms with Crippen LogP contribution in [0.25, 0.3) is 0 Å². The summed E-state index contributed by atoms with van der Waals surface area (Å²) in [4.78, 5) is 4.46. The Kier molecular flexibility index (Phi) is 5.72. The van der Waals surface area contributed by atoms with Crippen LogP contribution < -0.4 is 4.74 Å². The van der Waals surface area contributed by atoms with Crippen LogP contribution in [-0.2, 0) is 16.6 Å². The van der Waals surface area contributed by atoms with Gasteiger partial charge in [0.25, 0.3) is 0 Å². The molecule has 2 rings (SSSR count). The Morgan fingerprint density at radius 2 is 1.91 bits per heavy atom. The maximum atomic E-state index is 12.8. The van der Waals surface area contributed by atoms with E-state index in [0.717, 1.165) is 34.6 Å². The molecule has 1 aromatic carbocycles. The molecule has 0 radical (unpaired) electrons. The van der Waals surface area contributed by atoms with Crippen molar-refractivity contribution in [2.75, 3.05) is 7.11 Å². The van der Waals surface area contributed by atoms with E-state index in [2.05, 4.69) is 11.9 Å². The first-order valence-corrected chi connectivity index (χ1v) is 8.87. The molecule has 22 heavy (non-hydrogen) atoms. The molecule has 2 aromatic rings. The number of ether oxygens (including phenoxy) is 1. The molecule has 0 unspecified atom stereocenters. The van der Waals surface area contributed by atoms with Crippen molar-refractivity contribution in [2.24, 2.45) is 0 Å². The summed E-state index contributed by atoms with van der Waals surface area (Å²) in [5, 5.41) is 0.0368. The quantitative estimate of drug-likeness (QED) is 0.805. The Morgan fingerprint density at radius 3 is 2.50 bits per heavy atom. The molecule has 2 atom stereocenters. The molecule has 3 nitrogen and oxygen atoms in total. The molecule has 0 spiro atoms. The van der Waals surface area contributed by atoms with Crippen LogP contribution in [0.5, 0.6) is 5.75 Å². The Balaban J connectivity index is 2.25. The second kappa shape index (κ2) is 7.54. The number of benzene rings is 1. The number of nitrogens with zero attached hydrogens (tertiary/aromatic N) is 1. The summed E-state index contributed by atoms with van der Waals surface area (Å²) in [6, 6.07) is 10.1. The second-order valence-electron chi connectivity index (χ2n) is 5.38. The summed E-state index contributed by atoms with van der Waals surface area (Å²) in [5.74, 6) is 1.30. The van der Waals surface area contributed by atoms with Gasteiger partial charge in [0.05, 0.1) is 23.8 Å².